The standard InChI is InChI=1S/C58H73N11O13/c1-6-7-21-43(64-54(78)47(32-49(72)73)66-53(77)44(28-35-16-10-8-11-17-35)67-57(81)82-58(3,4)5)52(76)65-46(31-39-30-38-20-14-15-22-42(38)62-39)56(80)69-68-55(79)45(29-36-18-12-9-13-19-36)63-48(71)33-60-50(74)34(2)61-51(75)41(59)27-37-23-25-40(70)26-24-37/h8-20,22-26,30,34,41,43-47,62,70H,6-7,21,27-29,31-33,59H2,1-5H3,(H,60,74)(H,61,75)(H,63,71)(H,64,78)(H,65,76)(H,66,77)(H,67,81)(H,68,79)(H,69,80)(H,72,73)/t34-,41+,43+,44+,45+,46-,47+/m1/s1. The molecule has 0 aliphatic rings. The second-order valence-corrected chi connectivity index (χ2v) is 20.6. The number of aromatic nitrogens is 1. The number of carboxylic acids is 1. The van der Waals surface area contributed by atoms with Gasteiger partial charge in [-0.05, 0) is 86.9 Å². The molecule has 4 aromatic carbocycles. The Hall–Kier alpha value is -9.32. The average molecular weight is 1130 g/mol. The Morgan fingerprint density at radius 3 is 1.66 bits per heavy atom. The van der Waals surface area contributed by atoms with Gasteiger partial charge in [-0.25, -0.2) is 4.79 Å². The first-order valence-corrected chi connectivity index (χ1v) is 26.7. The van der Waals surface area contributed by atoms with Gasteiger partial charge in [0.15, 0.2) is 0 Å². The summed E-state index contributed by atoms with van der Waals surface area (Å²) in [5.41, 5.74) is 12.9. The number of rotatable bonds is 28. The molecule has 1 aromatic heterocycles. The number of alkyl carbamates (subject to hydrolysis) is 1. The lowest BCUT2D eigenvalue weighted by molar-refractivity contribution is -0.141. The molecule has 7 atom stereocenters. The highest BCUT2D eigenvalue weighted by Crippen LogP contribution is 2.17. The van der Waals surface area contributed by atoms with Crippen molar-refractivity contribution in [1.29, 1.82) is 0 Å². The summed E-state index contributed by atoms with van der Waals surface area (Å²) in [7, 11) is 0. The Bertz CT molecular complexity index is 2970. The summed E-state index contributed by atoms with van der Waals surface area (Å²) in [5.74, 6) is -8.29. The van der Waals surface area contributed by atoms with E-state index in [1.54, 1.807) is 112 Å². The van der Waals surface area contributed by atoms with Gasteiger partial charge in [0.25, 0.3) is 11.8 Å². The predicted molar refractivity (Wildman–Crippen MR) is 302 cm³/mol. The third kappa shape index (κ3) is 21.4. The molecule has 0 aliphatic carbocycles. The molecule has 14 N–H and O–H groups in total. The van der Waals surface area contributed by atoms with E-state index < -0.39 is 120 Å². The van der Waals surface area contributed by atoms with Crippen molar-refractivity contribution in [3.8, 4) is 5.75 Å². The van der Waals surface area contributed by atoms with E-state index in [1.165, 1.54) is 19.1 Å². The van der Waals surface area contributed by atoms with Crippen molar-refractivity contribution >= 4 is 70.2 Å². The summed E-state index contributed by atoms with van der Waals surface area (Å²) in [6.07, 6.45) is -1.17. The molecule has 82 heavy (non-hydrogen) atoms. The maximum absolute atomic E-state index is 14.4. The van der Waals surface area contributed by atoms with Crippen molar-refractivity contribution in [3.05, 3.63) is 138 Å². The highest BCUT2D eigenvalue weighted by molar-refractivity contribution is 5.98. The van der Waals surface area contributed by atoms with Gasteiger partial charge in [-0.2, -0.15) is 0 Å². The van der Waals surface area contributed by atoms with E-state index in [9.17, 15) is 58.2 Å². The number of aromatic amines is 1. The molecule has 1 heterocycles. The van der Waals surface area contributed by atoms with Crippen LogP contribution in [0.1, 0.15) is 82.7 Å². The smallest absolute Gasteiger partial charge is 0.408 e. The normalized spacial score (nSPS) is 13.7. The second kappa shape index (κ2) is 30.9. The third-order valence-electron chi connectivity index (χ3n) is 12.6. The number of carbonyl (C=O) groups excluding carboxylic acids is 9. The quantitative estimate of drug-likeness (QED) is 0.0318. The molecule has 0 saturated carbocycles. The number of hydrogen-bond donors (Lipinski definition) is 13. The lowest BCUT2D eigenvalue weighted by Crippen LogP contribution is -2.60. The van der Waals surface area contributed by atoms with Crippen molar-refractivity contribution in [2.45, 2.75) is 134 Å². The number of benzene rings is 4. The number of para-hydroxylation sites is 1. The number of aliphatic carboxylic acids is 1. The van der Waals surface area contributed by atoms with Crippen LogP contribution in [0.5, 0.6) is 5.75 Å². The van der Waals surface area contributed by atoms with E-state index in [1.807, 2.05) is 19.1 Å². The minimum Gasteiger partial charge on any atom is -0.508 e. The number of nitrogens with two attached hydrogens (primary N) is 1. The molecule has 9 amide bonds. The zero-order chi connectivity index (χ0) is 59.9. The Labute approximate surface area is 474 Å². The molecule has 0 radical (unpaired) electrons. The van der Waals surface area contributed by atoms with Gasteiger partial charge in [-0.15, -0.1) is 0 Å². The summed E-state index contributed by atoms with van der Waals surface area (Å²) in [6, 6.07) is 22.8. The van der Waals surface area contributed by atoms with Crippen LogP contribution in [0.4, 0.5) is 4.79 Å². The summed E-state index contributed by atoms with van der Waals surface area (Å²) in [5, 5.41) is 37.9. The number of carboxylic acid groups (broad SMARTS) is 1. The van der Waals surface area contributed by atoms with Crippen molar-refractivity contribution in [2.24, 2.45) is 5.73 Å². The highest BCUT2D eigenvalue weighted by Gasteiger charge is 2.34. The lowest BCUT2D eigenvalue weighted by atomic mass is 10.0. The topological polar surface area (TPSA) is 370 Å². The maximum atomic E-state index is 14.4. The van der Waals surface area contributed by atoms with Crippen LogP contribution in [0.25, 0.3) is 10.9 Å². The van der Waals surface area contributed by atoms with Gasteiger partial charge in [0.2, 0.25) is 35.4 Å². The van der Waals surface area contributed by atoms with Crippen LogP contribution in [-0.4, -0.2) is 129 Å². The lowest BCUT2D eigenvalue weighted by Gasteiger charge is -2.27. The predicted octanol–water partition coefficient (Wildman–Crippen LogP) is 1.74. The van der Waals surface area contributed by atoms with E-state index in [2.05, 4.69) is 53.1 Å². The number of nitrogens with one attached hydrogen (secondary N) is 10. The molecular formula is C58H73N11O13. The van der Waals surface area contributed by atoms with Gasteiger partial charge in [-0.3, -0.25) is 54.0 Å². The first-order valence-electron chi connectivity index (χ1n) is 26.7. The molecule has 0 unspecified atom stereocenters. The number of fused-ring (bicyclic) bond motifs is 1. The Balaban J connectivity index is 1.29. The number of phenols is 1. The van der Waals surface area contributed by atoms with E-state index >= 15 is 0 Å². The molecule has 438 valence electrons. The Morgan fingerprint density at radius 1 is 0.573 bits per heavy atom. The number of phenolic OH excluding ortho intramolecular Hbond substituents is 1. The largest absolute Gasteiger partial charge is 0.508 e. The zero-order valence-electron chi connectivity index (χ0n) is 46.3. The van der Waals surface area contributed by atoms with Crippen molar-refractivity contribution in [1.82, 2.24) is 53.1 Å². The molecule has 5 rings (SSSR count). The van der Waals surface area contributed by atoms with E-state index in [4.69, 9.17) is 10.5 Å². The first kappa shape index (κ1) is 63.5. The third-order valence-corrected chi connectivity index (χ3v) is 12.6. The molecule has 0 aliphatic heterocycles. The van der Waals surface area contributed by atoms with Crippen LogP contribution in [0, 0.1) is 0 Å². The number of carbonyl (C=O) groups is 10. The molecule has 0 bridgehead atoms. The van der Waals surface area contributed by atoms with Crippen LogP contribution >= 0.6 is 0 Å². The summed E-state index contributed by atoms with van der Waals surface area (Å²) < 4.78 is 5.37. The van der Waals surface area contributed by atoms with Crippen molar-refractivity contribution < 1.29 is 62.9 Å². The first-order chi connectivity index (χ1) is 39.0. The van der Waals surface area contributed by atoms with Gasteiger partial charge in [0.05, 0.1) is 19.0 Å². The van der Waals surface area contributed by atoms with Gasteiger partial charge < -0.3 is 62.9 Å². The molecular weight excluding hydrogens is 1060 g/mol. The fraction of sp³-hybridized carbons (Fsp3) is 0.379. The van der Waals surface area contributed by atoms with Crippen molar-refractivity contribution in [3.63, 3.8) is 0 Å². The number of hydrogen-bond acceptors (Lipinski definition) is 13. The molecule has 24 nitrogen and oxygen atoms in total. The molecule has 0 spiro atoms. The van der Waals surface area contributed by atoms with Crippen LogP contribution in [0.2, 0.25) is 0 Å². The monoisotopic (exact) mass is 1130 g/mol. The van der Waals surface area contributed by atoms with E-state index in [0.29, 0.717) is 40.7 Å². The fourth-order valence-electron chi connectivity index (χ4n) is 8.35. The zero-order valence-corrected chi connectivity index (χ0v) is 46.3. The molecule has 0 saturated heterocycles. The van der Waals surface area contributed by atoms with E-state index in [-0.39, 0.29) is 37.9 Å². The van der Waals surface area contributed by atoms with Gasteiger partial charge in [0, 0.05) is 30.5 Å². The Kier molecular flexibility index (Phi) is 23.9. The van der Waals surface area contributed by atoms with Gasteiger partial charge in [-0.1, -0.05) is 111 Å². The molecule has 0 fully saturated rings. The number of amides is 9. The van der Waals surface area contributed by atoms with Gasteiger partial charge in [0.1, 0.15) is 47.6 Å². The summed E-state index contributed by atoms with van der Waals surface area (Å²) >= 11 is 0. The van der Waals surface area contributed by atoms with Crippen LogP contribution in [-0.2, 0) is 73.6 Å². The minimum absolute atomic E-state index is 0.00121. The summed E-state index contributed by atoms with van der Waals surface area (Å²) in [4.78, 5) is 138. The average Bonchev–Trinajstić information content (AvgIpc) is 4.10. The second-order valence-electron chi connectivity index (χ2n) is 20.6. The molecule has 5 aromatic rings. The SMILES string of the molecule is CCCC[C@H](NC(=O)[C@H](CC(=O)O)NC(=O)[C@H](Cc1ccccc1)NC(=O)OC(C)(C)C)C(=O)N[C@H](Cc1cc2ccccc2[nH]1)C(=O)NNC(=O)[C@H](Cc1ccccc1)NC(=O)CNC(=O)[C@@H](C)NC(=O)[C@@H](N)Cc1ccc(O)cc1. The van der Waals surface area contributed by atoms with Crippen LogP contribution in [0.15, 0.2) is 115 Å². The Morgan fingerprint density at radius 2 is 1.09 bits per heavy atom. The number of H-pyrrole nitrogens is 1. The molecule has 24 heteroatoms. The fourth-order valence-corrected chi connectivity index (χ4v) is 8.35. The van der Waals surface area contributed by atoms with E-state index in [0.717, 1.165) is 5.39 Å². The number of ether oxygens (including phenoxy) is 1. The van der Waals surface area contributed by atoms with Crippen LogP contribution in [0.3, 0.4) is 0 Å². The maximum Gasteiger partial charge on any atom is 0.408 e. The van der Waals surface area contributed by atoms with Crippen molar-refractivity contribution in [2.75, 3.05) is 6.54 Å². The number of hydrazine groups is 1. The number of unbranched alkanes of at least 4 members (excludes halogenated alkanes) is 1. The van der Waals surface area contributed by atoms with Gasteiger partial charge >= 0.3 is 12.1 Å². The summed E-state index contributed by atoms with van der Waals surface area (Å²) in [6.45, 7) is 7.48. The van der Waals surface area contributed by atoms with Crippen LogP contribution < -0.4 is 53.8 Å². The minimum atomic E-state index is -1.76. The highest BCUT2D eigenvalue weighted by atomic mass is 16.6. The number of aromatic hydroxyl groups is 1.